The van der Waals surface area contributed by atoms with E-state index in [-0.39, 0.29) is 0 Å². The second-order valence-corrected chi connectivity index (χ2v) is 4.97. The van der Waals surface area contributed by atoms with Crippen molar-refractivity contribution in [2.24, 2.45) is 5.92 Å². The maximum Gasteiger partial charge on any atom is 0.454 e. The molecular formula is C10H19O2Si. The van der Waals surface area contributed by atoms with Gasteiger partial charge in [0.05, 0.1) is 5.76 Å². The quantitative estimate of drug-likeness (QED) is 0.501. The van der Waals surface area contributed by atoms with Crippen molar-refractivity contribution in [1.82, 2.24) is 0 Å². The van der Waals surface area contributed by atoms with E-state index in [1.54, 1.807) is 0 Å². The third-order valence-electron chi connectivity index (χ3n) is 2.27. The highest BCUT2D eigenvalue weighted by atomic mass is 28.3. The van der Waals surface area contributed by atoms with E-state index < -0.39 is 9.28 Å². The van der Waals surface area contributed by atoms with E-state index >= 15 is 0 Å². The normalized spacial score (nSPS) is 18.9. The van der Waals surface area contributed by atoms with Gasteiger partial charge < -0.3 is 8.85 Å². The highest BCUT2D eigenvalue weighted by molar-refractivity contribution is 6.42. The van der Waals surface area contributed by atoms with E-state index in [9.17, 15) is 0 Å². The molecule has 0 N–H and O–H groups in total. The molecule has 1 saturated carbocycles. The SMILES string of the molecule is CCO[Si](C)OC(C)=CC1CCC1. The Balaban J connectivity index is 2.21. The summed E-state index contributed by atoms with van der Waals surface area (Å²) in [4.78, 5) is 0. The fourth-order valence-corrected chi connectivity index (χ4v) is 2.42. The number of allylic oxidation sites excluding steroid dienone is 2. The molecule has 0 bridgehead atoms. The molecule has 13 heavy (non-hydrogen) atoms. The Morgan fingerprint density at radius 3 is 2.69 bits per heavy atom. The molecule has 2 nitrogen and oxygen atoms in total. The largest absolute Gasteiger partial charge is 0.523 e. The summed E-state index contributed by atoms with van der Waals surface area (Å²) in [6, 6.07) is 0. The van der Waals surface area contributed by atoms with Gasteiger partial charge in [0.15, 0.2) is 0 Å². The molecule has 0 aromatic carbocycles. The topological polar surface area (TPSA) is 18.5 Å². The summed E-state index contributed by atoms with van der Waals surface area (Å²) < 4.78 is 11.0. The lowest BCUT2D eigenvalue weighted by Crippen LogP contribution is -2.18. The maximum atomic E-state index is 5.64. The van der Waals surface area contributed by atoms with Crippen LogP contribution in [0, 0.1) is 5.92 Å². The molecule has 1 aliphatic carbocycles. The van der Waals surface area contributed by atoms with E-state index in [4.69, 9.17) is 8.85 Å². The molecule has 0 aliphatic heterocycles. The van der Waals surface area contributed by atoms with Crippen LogP contribution < -0.4 is 0 Å². The van der Waals surface area contributed by atoms with Crippen LogP contribution in [0.1, 0.15) is 33.1 Å². The molecule has 0 heterocycles. The standard InChI is InChI=1S/C10H19O2Si/c1-4-11-13(3)12-9(2)8-10-6-5-7-10/h8,10H,4-7H2,1-3H3. The van der Waals surface area contributed by atoms with E-state index in [0.717, 1.165) is 18.3 Å². The van der Waals surface area contributed by atoms with Crippen molar-refractivity contribution in [2.45, 2.75) is 39.7 Å². The Morgan fingerprint density at radius 2 is 2.23 bits per heavy atom. The zero-order valence-electron chi connectivity index (χ0n) is 8.80. The van der Waals surface area contributed by atoms with Crippen LogP contribution in [0.5, 0.6) is 0 Å². The van der Waals surface area contributed by atoms with Crippen molar-refractivity contribution in [3.05, 3.63) is 11.8 Å². The highest BCUT2D eigenvalue weighted by Gasteiger charge is 2.16. The lowest BCUT2D eigenvalue weighted by atomic mass is 9.85. The van der Waals surface area contributed by atoms with Gasteiger partial charge in [-0.2, -0.15) is 0 Å². The zero-order valence-corrected chi connectivity index (χ0v) is 9.80. The molecule has 3 heteroatoms. The monoisotopic (exact) mass is 199 g/mol. The lowest BCUT2D eigenvalue weighted by Gasteiger charge is -2.23. The van der Waals surface area contributed by atoms with Gasteiger partial charge in [0, 0.05) is 6.61 Å². The number of hydrogen-bond acceptors (Lipinski definition) is 2. The molecule has 1 radical (unpaired) electrons. The summed E-state index contributed by atoms with van der Waals surface area (Å²) in [6.07, 6.45) is 6.29. The fraction of sp³-hybridized carbons (Fsp3) is 0.800. The third-order valence-corrected chi connectivity index (χ3v) is 3.58. The van der Waals surface area contributed by atoms with Gasteiger partial charge in [-0.15, -0.1) is 0 Å². The summed E-state index contributed by atoms with van der Waals surface area (Å²) in [7, 11) is -1.04. The Kier molecular flexibility index (Phi) is 4.52. The van der Waals surface area contributed by atoms with Crippen LogP contribution in [-0.2, 0) is 8.85 Å². The van der Waals surface area contributed by atoms with Crippen LogP contribution in [0.15, 0.2) is 11.8 Å². The van der Waals surface area contributed by atoms with Gasteiger partial charge in [0.25, 0.3) is 0 Å². The second kappa shape index (κ2) is 5.45. The summed E-state index contributed by atoms with van der Waals surface area (Å²) >= 11 is 0. The fourth-order valence-electron chi connectivity index (χ4n) is 1.43. The van der Waals surface area contributed by atoms with Crippen molar-refractivity contribution in [3.8, 4) is 0 Å². The van der Waals surface area contributed by atoms with Crippen LogP contribution in [-0.4, -0.2) is 15.9 Å². The van der Waals surface area contributed by atoms with Crippen molar-refractivity contribution < 1.29 is 8.85 Å². The molecule has 75 valence electrons. The van der Waals surface area contributed by atoms with Gasteiger partial charge in [-0.25, -0.2) is 0 Å². The maximum absolute atomic E-state index is 5.64. The smallest absolute Gasteiger partial charge is 0.454 e. The molecular weight excluding hydrogens is 180 g/mol. The highest BCUT2D eigenvalue weighted by Crippen LogP contribution is 2.28. The minimum atomic E-state index is -1.04. The van der Waals surface area contributed by atoms with Gasteiger partial charge in [-0.05, 0) is 45.2 Å². The second-order valence-electron chi connectivity index (χ2n) is 3.49. The zero-order chi connectivity index (χ0) is 9.68. The van der Waals surface area contributed by atoms with E-state index in [1.807, 2.05) is 20.4 Å². The van der Waals surface area contributed by atoms with Gasteiger partial charge in [0.2, 0.25) is 0 Å². The van der Waals surface area contributed by atoms with Gasteiger partial charge in [0.1, 0.15) is 0 Å². The van der Waals surface area contributed by atoms with Crippen molar-refractivity contribution in [2.75, 3.05) is 6.61 Å². The van der Waals surface area contributed by atoms with Crippen molar-refractivity contribution >= 4 is 9.28 Å². The van der Waals surface area contributed by atoms with Gasteiger partial charge >= 0.3 is 9.28 Å². The Bertz CT molecular complexity index is 176. The molecule has 0 amide bonds. The van der Waals surface area contributed by atoms with Crippen LogP contribution >= 0.6 is 0 Å². The van der Waals surface area contributed by atoms with Crippen molar-refractivity contribution in [1.29, 1.82) is 0 Å². The van der Waals surface area contributed by atoms with Crippen molar-refractivity contribution in [3.63, 3.8) is 0 Å². The molecule has 1 aliphatic rings. The average Bonchev–Trinajstić information content (AvgIpc) is 1.97. The predicted molar refractivity (Wildman–Crippen MR) is 55.4 cm³/mol. The number of rotatable bonds is 5. The minimum Gasteiger partial charge on any atom is -0.523 e. The minimum absolute atomic E-state index is 0.751. The molecule has 0 aromatic heterocycles. The Morgan fingerprint density at radius 1 is 1.54 bits per heavy atom. The van der Waals surface area contributed by atoms with E-state index in [1.165, 1.54) is 19.3 Å². The third kappa shape index (κ3) is 3.96. The Labute approximate surface area is 82.8 Å². The van der Waals surface area contributed by atoms with E-state index in [2.05, 4.69) is 6.08 Å². The number of hydrogen-bond donors (Lipinski definition) is 0. The molecule has 0 atom stereocenters. The van der Waals surface area contributed by atoms with Gasteiger partial charge in [-0.3, -0.25) is 0 Å². The van der Waals surface area contributed by atoms with Gasteiger partial charge in [-0.1, -0.05) is 6.42 Å². The lowest BCUT2D eigenvalue weighted by molar-refractivity contribution is 0.250. The van der Waals surface area contributed by atoms with Crippen LogP contribution in [0.3, 0.4) is 0 Å². The molecule has 0 saturated heterocycles. The molecule has 0 spiro atoms. The summed E-state index contributed by atoms with van der Waals surface area (Å²) in [5, 5.41) is 0. The van der Waals surface area contributed by atoms with Crippen LogP contribution in [0.2, 0.25) is 6.55 Å². The molecule has 0 unspecified atom stereocenters. The van der Waals surface area contributed by atoms with E-state index in [0.29, 0.717) is 0 Å². The average molecular weight is 199 g/mol. The molecule has 1 rings (SSSR count). The first-order valence-electron chi connectivity index (χ1n) is 5.05. The molecule has 0 aromatic rings. The first-order chi connectivity index (χ1) is 6.22. The van der Waals surface area contributed by atoms with Crippen LogP contribution in [0.4, 0.5) is 0 Å². The first kappa shape index (κ1) is 10.8. The first-order valence-corrected chi connectivity index (χ1v) is 6.86. The Hall–Kier alpha value is -0.283. The predicted octanol–water partition coefficient (Wildman–Crippen LogP) is 2.86. The summed E-state index contributed by atoms with van der Waals surface area (Å²) in [5.41, 5.74) is 0. The summed E-state index contributed by atoms with van der Waals surface area (Å²) in [5.74, 6) is 1.82. The summed E-state index contributed by atoms with van der Waals surface area (Å²) in [6.45, 7) is 6.82. The molecule has 1 fully saturated rings. The van der Waals surface area contributed by atoms with Crippen LogP contribution in [0.25, 0.3) is 0 Å².